The first-order chi connectivity index (χ1) is 14.5. The molecule has 2 aromatic rings. The molecule has 0 aliphatic carbocycles. The van der Waals surface area contributed by atoms with Gasteiger partial charge in [-0.1, -0.05) is 26.0 Å². The van der Waals surface area contributed by atoms with Gasteiger partial charge in [0.2, 0.25) is 5.91 Å². The van der Waals surface area contributed by atoms with Gasteiger partial charge in [-0.25, -0.2) is 0 Å². The van der Waals surface area contributed by atoms with Gasteiger partial charge in [-0.15, -0.1) is 24.0 Å². The first-order valence-corrected chi connectivity index (χ1v) is 10.4. The van der Waals surface area contributed by atoms with Crippen molar-refractivity contribution in [1.82, 2.24) is 20.0 Å². The number of amides is 1. The minimum Gasteiger partial charge on any atom is -0.493 e. The molecule has 0 unspecified atom stereocenters. The fraction of sp³-hybridized carbons (Fsp3) is 0.500. The molecule has 1 aromatic heterocycles. The monoisotopic (exact) mass is 540 g/mol. The van der Waals surface area contributed by atoms with E-state index in [0.717, 1.165) is 43.5 Å². The number of nitrogens with zero attached hydrogens (tertiary/aromatic N) is 5. The summed E-state index contributed by atoms with van der Waals surface area (Å²) in [5, 5.41) is 7.53. The number of hydrogen-bond donors (Lipinski definition) is 1. The van der Waals surface area contributed by atoms with E-state index in [9.17, 15) is 4.79 Å². The van der Waals surface area contributed by atoms with E-state index in [0.29, 0.717) is 19.0 Å². The number of carbonyl (C=O) groups excluding carboxylic acids is 1. The molecule has 0 spiro atoms. The number of nitrogens with one attached hydrogen (secondary N) is 1. The maximum Gasteiger partial charge on any atom is 0.246 e. The molecule has 0 radical (unpaired) electrons. The highest BCUT2D eigenvalue weighted by molar-refractivity contribution is 14.0. The maximum absolute atomic E-state index is 12.6. The molecule has 0 atom stereocenters. The van der Waals surface area contributed by atoms with Crippen molar-refractivity contribution < 1.29 is 9.53 Å². The molecule has 1 aromatic carbocycles. The SMILES string of the molecule is CN=C(NCCc1ccc(OCC(C)C)cc1)N1CCN(c2cnn(C)c2)C(=O)C1.I. The van der Waals surface area contributed by atoms with Crippen LogP contribution in [0.25, 0.3) is 0 Å². The van der Waals surface area contributed by atoms with Gasteiger partial charge in [0.15, 0.2) is 5.96 Å². The number of carbonyl (C=O) groups is 1. The summed E-state index contributed by atoms with van der Waals surface area (Å²) in [7, 11) is 3.60. The number of rotatable bonds is 7. The predicted molar refractivity (Wildman–Crippen MR) is 134 cm³/mol. The molecular formula is C22H33IN6O2. The second-order valence-corrected chi connectivity index (χ2v) is 7.91. The Bertz CT molecular complexity index is 865. The van der Waals surface area contributed by atoms with Gasteiger partial charge in [-0.3, -0.25) is 14.5 Å². The number of anilines is 1. The van der Waals surface area contributed by atoms with Gasteiger partial charge in [0, 0.05) is 39.9 Å². The highest BCUT2D eigenvalue weighted by atomic mass is 127. The summed E-state index contributed by atoms with van der Waals surface area (Å²) < 4.78 is 7.44. The Labute approximate surface area is 201 Å². The Hall–Kier alpha value is -2.30. The zero-order chi connectivity index (χ0) is 21.5. The van der Waals surface area contributed by atoms with E-state index in [-0.39, 0.29) is 29.9 Å². The molecule has 1 aliphatic rings. The van der Waals surface area contributed by atoms with E-state index in [1.165, 1.54) is 5.56 Å². The van der Waals surface area contributed by atoms with E-state index in [1.54, 1.807) is 22.8 Å². The normalized spacial score (nSPS) is 14.6. The van der Waals surface area contributed by atoms with E-state index in [4.69, 9.17) is 4.74 Å². The zero-order valence-corrected chi connectivity index (χ0v) is 21.1. The molecule has 9 heteroatoms. The van der Waals surface area contributed by atoms with Crippen molar-refractivity contribution in [3.63, 3.8) is 0 Å². The summed E-state index contributed by atoms with van der Waals surface area (Å²) in [4.78, 5) is 20.7. The molecule has 1 saturated heterocycles. The molecule has 1 fully saturated rings. The number of guanidine groups is 1. The van der Waals surface area contributed by atoms with E-state index in [2.05, 4.69) is 41.4 Å². The molecule has 0 saturated carbocycles. The van der Waals surface area contributed by atoms with Crippen LogP contribution in [0.15, 0.2) is 41.7 Å². The van der Waals surface area contributed by atoms with Gasteiger partial charge in [-0.2, -0.15) is 5.10 Å². The summed E-state index contributed by atoms with van der Waals surface area (Å²) >= 11 is 0. The molecule has 8 nitrogen and oxygen atoms in total. The number of ether oxygens (including phenoxy) is 1. The molecule has 170 valence electrons. The zero-order valence-electron chi connectivity index (χ0n) is 18.7. The summed E-state index contributed by atoms with van der Waals surface area (Å²) in [6, 6.07) is 8.22. The fourth-order valence-corrected chi connectivity index (χ4v) is 3.34. The molecule has 2 heterocycles. The van der Waals surface area contributed by atoms with Crippen molar-refractivity contribution in [2.75, 3.05) is 44.7 Å². The van der Waals surface area contributed by atoms with Crippen LogP contribution in [0, 0.1) is 5.92 Å². The topological polar surface area (TPSA) is 75.0 Å². The Kier molecular flexibility index (Phi) is 9.60. The van der Waals surface area contributed by atoms with Crippen LogP contribution in [0.4, 0.5) is 5.69 Å². The quantitative estimate of drug-likeness (QED) is 0.332. The lowest BCUT2D eigenvalue weighted by Gasteiger charge is -2.35. The van der Waals surface area contributed by atoms with Crippen LogP contribution in [0.1, 0.15) is 19.4 Å². The van der Waals surface area contributed by atoms with Gasteiger partial charge < -0.3 is 19.9 Å². The van der Waals surface area contributed by atoms with Crippen LogP contribution >= 0.6 is 24.0 Å². The minimum atomic E-state index is 0. The molecule has 1 N–H and O–H groups in total. The number of aliphatic imine (C=N–C) groups is 1. The van der Waals surface area contributed by atoms with Crippen molar-refractivity contribution in [2.24, 2.45) is 18.0 Å². The van der Waals surface area contributed by atoms with E-state index >= 15 is 0 Å². The number of hydrogen-bond acceptors (Lipinski definition) is 4. The Morgan fingerprint density at radius 2 is 2.00 bits per heavy atom. The third kappa shape index (κ3) is 7.12. The lowest BCUT2D eigenvalue weighted by atomic mass is 10.1. The number of halogens is 1. The summed E-state index contributed by atoms with van der Waals surface area (Å²) in [5.41, 5.74) is 2.07. The van der Waals surface area contributed by atoms with Gasteiger partial charge in [0.05, 0.1) is 18.5 Å². The first kappa shape index (κ1) is 25.0. The first-order valence-electron chi connectivity index (χ1n) is 10.4. The minimum absolute atomic E-state index is 0. The average molecular weight is 540 g/mol. The molecule has 3 rings (SSSR count). The number of benzene rings is 1. The Balaban J connectivity index is 0.00000341. The third-order valence-electron chi connectivity index (χ3n) is 4.94. The van der Waals surface area contributed by atoms with Crippen LogP contribution < -0.4 is 15.0 Å². The van der Waals surface area contributed by atoms with Crippen molar-refractivity contribution in [2.45, 2.75) is 20.3 Å². The summed E-state index contributed by atoms with van der Waals surface area (Å²) in [6.07, 6.45) is 4.45. The number of piperazine rings is 1. The largest absolute Gasteiger partial charge is 0.493 e. The second-order valence-electron chi connectivity index (χ2n) is 7.91. The lowest BCUT2D eigenvalue weighted by Crippen LogP contribution is -2.55. The van der Waals surface area contributed by atoms with E-state index < -0.39 is 0 Å². The van der Waals surface area contributed by atoms with Crippen LogP contribution in [-0.4, -0.2) is 66.4 Å². The molecule has 0 bridgehead atoms. The highest BCUT2D eigenvalue weighted by Gasteiger charge is 2.27. The van der Waals surface area contributed by atoms with Gasteiger partial charge >= 0.3 is 0 Å². The van der Waals surface area contributed by atoms with Crippen LogP contribution in [0.2, 0.25) is 0 Å². The number of aromatic nitrogens is 2. The van der Waals surface area contributed by atoms with Crippen molar-refractivity contribution in [3.8, 4) is 5.75 Å². The maximum atomic E-state index is 12.6. The molecule has 31 heavy (non-hydrogen) atoms. The predicted octanol–water partition coefficient (Wildman–Crippen LogP) is 2.54. The Morgan fingerprint density at radius 1 is 1.26 bits per heavy atom. The second kappa shape index (κ2) is 11.9. The molecule has 1 aliphatic heterocycles. The highest BCUT2D eigenvalue weighted by Crippen LogP contribution is 2.16. The van der Waals surface area contributed by atoms with Crippen LogP contribution in [0.5, 0.6) is 5.75 Å². The van der Waals surface area contributed by atoms with Gasteiger partial charge in [-0.05, 0) is 30.0 Å². The van der Waals surface area contributed by atoms with Crippen LogP contribution in [-0.2, 0) is 18.3 Å². The van der Waals surface area contributed by atoms with Crippen molar-refractivity contribution >= 4 is 41.5 Å². The van der Waals surface area contributed by atoms with Crippen LogP contribution in [0.3, 0.4) is 0 Å². The average Bonchev–Trinajstić information content (AvgIpc) is 3.16. The standard InChI is InChI=1S/C22H32N6O2.HI/c1-17(2)16-30-20-7-5-18(6-8-20)9-10-24-22(23-3)27-11-12-28(21(29)15-27)19-13-25-26(4)14-19;/h5-8,13-14,17H,9-12,15-16H2,1-4H3,(H,23,24);1H. The molecular weight excluding hydrogens is 507 g/mol. The van der Waals surface area contributed by atoms with Gasteiger partial charge in [0.1, 0.15) is 12.3 Å². The fourth-order valence-electron chi connectivity index (χ4n) is 3.34. The third-order valence-corrected chi connectivity index (χ3v) is 4.94. The summed E-state index contributed by atoms with van der Waals surface area (Å²) in [5.74, 6) is 2.22. The van der Waals surface area contributed by atoms with Crippen molar-refractivity contribution in [1.29, 1.82) is 0 Å². The smallest absolute Gasteiger partial charge is 0.246 e. The summed E-state index contributed by atoms with van der Waals surface area (Å²) in [6.45, 7) is 7.39. The lowest BCUT2D eigenvalue weighted by molar-refractivity contribution is -0.120. The number of aryl methyl sites for hydroxylation is 1. The Morgan fingerprint density at radius 3 is 2.58 bits per heavy atom. The van der Waals surface area contributed by atoms with Gasteiger partial charge in [0.25, 0.3) is 0 Å². The van der Waals surface area contributed by atoms with E-state index in [1.807, 2.05) is 30.3 Å². The van der Waals surface area contributed by atoms with Crippen molar-refractivity contribution in [3.05, 3.63) is 42.2 Å². The molecule has 1 amide bonds.